The van der Waals surface area contributed by atoms with Gasteiger partial charge in [-0.1, -0.05) is 42.8 Å². The molecule has 0 spiro atoms. The first-order valence-corrected chi connectivity index (χ1v) is 9.68. The number of hydrogen-bond donors (Lipinski definition) is 2. The summed E-state index contributed by atoms with van der Waals surface area (Å²) in [5, 5.41) is 3.18. The molecular weight excluding hydrogens is 393 g/mol. The van der Waals surface area contributed by atoms with E-state index in [9.17, 15) is 4.79 Å². The summed E-state index contributed by atoms with van der Waals surface area (Å²) in [6.07, 6.45) is 4.92. The Morgan fingerprint density at radius 1 is 1.07 bits per heavy atom. The van der Waals surface area contributed by atoms with E-state index >= 15 is 0 Å². The summed E-state index contributed by atoms with van der Waals surface area (Å²) in [4.78, 5) is 15.1. The Hall–Kier alpha value is -1.75. The van der Waals surface area contributed by atoms with Gasteiger partial charge in [0, 0.05) is 36.4 Å². The molecule has 152 valence electrons. The first-order chi connectivity index (χ1) is 12.7. The first kappa shape index (κ1) is 22.5. The van der Waals surface area contributed by atoms with Gasteiger partial charge in [-0.25, -0.2) is 0 Å². The normalized spacial score (nSPS) is 20.5. The Balaban J connectivity index is 0.00000140. The lowest BCUT2D eigenvalue weighted by Crippen LogP contribution is -2.34. The van der Waals surface area contributed by atoms with Crippen molar-refractivity contribution in [2.75, 3.05) is 16.8 Å². The average Bonchev–Trinajstić information content (AvgIpc) is 3.06. The van der Waals surface area contributed by atoms with E-state index < -0.39 is 0 Å². The van der Waals surface area contributed by atoms with Crippen LogP contribution in [0.15, 0.2) is 48.5 Å². The van der Waals surface area contributed by atoms with Crippen molar-refractivity contribution < 1.29 is 4.79 Å². The molecule has 1 aliphatic carbocycles. The highest BCUT2D eigenvalue weighted by atomic mass is 35.5. The minimum absolute atomic E-state index is 0. The number of halogens is 2. The lowest BCUT2D eigenvalue weighted by atomic mass is 9.85. The van der Waals surface area contributed by atoms with Crippen molar-refractivity contribution in [3.8, 4) is 0 Å². The Bertz CT molecular complexity index is 799. The van der Waals surface area contributed by atoms with Crippen LogP contribution in [0.4, 0.5) is 11.4 Å². The summed E-state index contributed by atoms with van der Waals surface area (Å²) in [6, 6.07) is 16.9. The molecule has 6 heteroatoms. The molecule has 4 nitrogen and oxygen atoms in total. The molecule has 2 aromatic rings. The topological polar surface area (TPSA) is 58.4 Å². The fourth-order valence-corrected chi connectivity index (χ4v) is 4.26. The van der Waals surface area contributed by atoms with Crippen molar-refractivity contribution in [3.63, 3.8) is 0 Å². The van der Waals surface area contributed by atoms with Crippen LogP contribution in [0.1, 0.15) is 36.8 Å². The SMILES string of the molecule is Cl.Cl.NC1CCCC(C(=O)Nc2ccccc2CN2CCc3ccccc32)C1. The van der Waals surface area contributed by atoms with E-state index in [0.29, 0.717) is 0 Å². The number of nitrogens with zero attached hydrogens (tertiary/aromatic N) is 1. The van der Waals surface area contributed by atoms with Gasteiger partial charge in [0.15, 0.2) is 0 Å². The van der Waals surface area contributed by atoms with Gasteiger partial charge in [-0.05, 0) is 48.9 Å². The predicted octanol–water partition coefficient (Wildman–Crippen LogP) is 4.55. The van der Waals surface area contributed by atoms with Crippen LogP contribution in [-0.4, -0.2) is 18.5 Å². The summed E-state index contributed by atoms with van der Waals surface area (Å²) in [7, 11) is 0. The summed E-state index contributed by atoms with van der Waals surface area (Å²) < 4.78 is 0. The third kappa shape index (κ3) is 4.99. The molecule has 0 aromatic heterocycles. The monoisotopic (exact) mass is 421 g/mol. The van der Waals surface area contributed by atoms with Crippen LogP contribution >= 0.6 is 24.8 Å². The molecule has 1 aliphatic heterocycles. The standard InChI is InChI=1S/C22H27N3O.2ClH/c23-19-9-5-8-17(14-19)22(26)24-20-10-3-1-7-18(20)15-25-13-12-16-6-2-4-11-21(16)25;;/h1-4,6-7,10-11,17,19H,5,8-9,12-15,23H2,(H,24,26);2*1H. The molecule has 1 heterocycles. The van der Waals surface area contributed by atoms with Crippen molar-refractivity contribution in [3.05, 3.63) is 59.7 Å². The zero-order valence-electron chi connectivity index (χ0n) is 16.0. The molecule has 2 atom stereocenters. The van der Waals surface area contributed by atoms with Gasteiger partial charge in [0.25, 0.3) is 0 Å². The summed E-state index contributed by atoms with van der Waals surface area (Å²) in [6.45, 7) is 1.84. The highest BCUT2D eigenvalue weighted by molar-refractivity contribution is 5.93. The third-order valence-corrected chi connectivity index (χ3v) is 5.71. The molecule has 2 aromatic carbocycles. The Morgan fingerprint density at radius 3 is 2.64 bits per heavy atom. The quantitative estimate of drug-likeness (QED) is 0.760. The van der Waals surface area contributed by atoms with Crippen LogP contribution in [0.3, 0.4) is 0 Å². The summed E-state index contributed by atoms with van der Waals surface area (Å²) >= 11 is 0. The Morgan fingerprint density at radius 2 is 1.82 bits per heavy atom. The van der Waals surface area contributed by atoms with E-state index in [1.807, 2.05) is 18.2 Å². The van der Waals surface area contributed by atoms with E-state index in [-0.39, 0.29) is 42.7 Å². The maximum Gasteiger partial charge on any atom is 0.227 e. The fraction of sp³-hybridized carbons (Fsp3) is 0.409. The van der Waals surface area contributed by atoms with Gasteiger partial charge >= 0.3 is 0 Å². The smallest absolute Gasteiger partial charge is 0.227 e. The van der Waals surface area contributed by atoms with Gasteiger partial charge in [-0.3, -0.25) is 4.79 Å². The van der Waals surface area contributed by atoms with Crippen molar-refractivity contribution in [2.24, 2.45) is 11.7 Å². The molecule has 0 bridgehead atoms. The van der Waals surface area contributed by atoms with E-state index in [2.05, 4.69) is 40.5 Å². The number of nitrogens with two attached hydrogens (primary N) is 1. The average molecular weight is 422 g/mol. The number of benzene rings is 2. The van der Waals surface area contributed by atoms with E-state index in [4.69, 9.17) is 5.73 Å². The molecule has 0 radical (unpaired) electrons. The molecule has 2 unspecified atom stereocenters. The molecule has 1 saturated carbocycles. The maximum absolute atomic E-state index is 12.7. The lowest BCUT2D eigenvalue weighted by Gasteiger charge is -2.26. The van der Waals surface area contributed by atoms with Crippen molar-refractivity contribution in [2.45, 2.75) is 44.7 Å². The van der Waals surface area contributed by atoms with Crippen LogP contribution < -0.4 is 16.0 Å². The molecule has 1 fully saturated rings. The molecule has 2 aliphatic rings. The number of rotatable bonds is 4. The molecular formula is C22H29Cl2N3O. The number of carbonyl (C=O) groups is 1. The van der Waals surface area contributed by atoms with Gasteiger partial charge < -0.3 is 16.0 Å². The minimum Gasteiger partial charge on any atom is -0.367 e. The number of hydrogen-bond acceptors (Lipinski definition) is 3. The number of nitrogens with one attached hydrogen (secondary N) is 1. The molecule has 1 amide bonds. The summed E-state index contributed by atoms with van der Waals surface area (Å²) in [5.41, 5.74) is 10.9. The number of para-hydroxylation sites is 2. The fourth-order valence-electron chi connectivity index (χ4n) is 4.26. The van der Waals surface area contributed by atoms with Gasteiger partial charge in [0.05, 0.1) is 0 Å². The number of carbonyl (C=O) groups excluding carboxylic acids is 1. The van der Waals surface area contributed by atoms with Crippen molar-refractivity contribution in [1.29, 1.82) is 0 Å². The zero-order valence-corrected chi connectivity index (χ0v) is 17.6. The second kappa shape index (κ2) is 10.1. The predicted molar refractivity (Wildman–Crippen MR) is 121 cm³/mol. The number of anilines is 2. The number of fused-ring (bicyclic) bond motifs is 1. The van der Waals surface area contributed by atoms with Crippen LogP contribution in [0.25, 0.3) is 0 Å². The molecule has 3 N–H and O–H groups in total. The first-order valence-electron chi connectivity index (χ1n) is 9.68. The van der Waals surface area contributed by atoms with Crippen LogP contribution in [0, 0.1) is 5.92 Å². The summed E-state index contributed by atoms with van der Waals surface area (Å²) in [5.74, 6) is 0.161. The van der Waals surface area contributed by atoms with Crippen LogP contribution in [-0.2, 0) is 17.8 Å². The van der Waals surface area contributed by atoms with Crippen LogP contribution in [0.2, 0.25) is 0 Å². The number of amides is 1. The van der Waals surface area contributed by atoms with Crippen molar-refractivity contribution in [1.82, 2.24) is 0 Å². The van der Waals surface area contributed by atoms with Gasteiger partial charge in [-0.15, -0.1) is 24.8 Å². The van der Waals surface area contributed by atoms with Crippen molar-refractivity contribution >= 4 is 42.1 Å². The molecule has 4 rings (SSSR count). The van der Waals surface area contributed by atoms with Crippen LogP contribution in [0.5, 0.6) is 0 Å². The van der Waals surface area contributed by atoms with E-state index in [0.717, 1.165) is 56.4 Å². The van der Waals surface area contributed by atoms with Gasteiger partial charge in [0.2, 0.25) is 5.91 Å². The van der Waals surface area contributed by atoms with Gasteiger partial charge in [0.1, 0.15) is 0 Å². The maximum atomic E-state index is 12.7. The molecule has 0 saturated heterocycles. The van der Waals surface area contributed by atoms with Gasteiger partial charge in [-0.2, -0.15) is 0 Å². The minimum atomic E-state index is 0. The second-order valence-corrected chi connectivity index (χ2v) is 7.57. The highest BCUT2D eigenvalue weighted by Crippen LogP contribution is 2.31. The Labute approximate surface area is 179 Å². The second-order valence-electron chi connectivity index (χ2n) is 7.57. The van der Waals surface area contributed by atoms with E-state index in [1.165, 1.54) is 11.3 Å². The largest absolute Gasteiger partial charge is 0.367 e. The Kier molecular flexibility index (Phi) is 8.17. The zero-order chi connectivity index (χ0) is 17.9. The van der Waals surface area contributed by atoms with E-state index in [1.54, 1.807) is 0 Å². The molecule has 28 heavy (non-hydrogen) atoms. The third-order valence-electron chi connectivity index (χ3n) is 5.71. The highest BCUT2D eigenvalue weighted by Gasteiger charge is 2.26. The lowest BCUT2D eigenvalue weighted by molar-refractivity contribution is -0.120.